The Morgan fingerprint density at radius 2 is 1.91 bits per heavy atom. The number of halogens is 1. The van der Waals surface area contributed by atoms with E-state index in [9.17, 15) is 14.3 Å². The van der Waals surface area contributed by atoms with Crippen molar-refractivity contribution in [1.82, 2.24) is 4.90 Å². The summed E-state index contributed by atoms with van der Waals surface area (Å²) < 4.78 is 24.2. The van der Waals surface area contributed by atoms with Gasteiger partial charge in [-0.3, -0.25) is 0 Å². The van der Waals surface area contributed by atoms with Crippen molar-refractivity contribution in [3.05, 3.63) is 24.0 Å². The van der Waals surface area contributed by atoms with Crippen molar-refractivity contribution in [2.75, 3.05) is 13.1 Å². The van der Waals surface area contributed by atoms with Gasteiger partial charge in [0.15, 0.2) is 0 Å². The molecule has 1 aliphatic rings. The molecule has 0 aliphatic carbocycles. The molecule has 22 heavy (non-hydrogen) atoms. The summed E-state index contributed by atoms with van der Waals surface area (Å²) in [6, 6.07) is 3.64. The number of hydrogen-bond acceptors (Lipinski definition) is 4. The van der Waals surface area contributed by atoms with E-state index >= 15 is 0 Å². The lowest BCUT2D eigenvalue weighted by molar-refractivity contribution is 0.0126. The third-order valence-electron chi connectivity index (χ3n) is 3.25. The van der Waals surface area contributed by atoms with Gasteiger partial charge in [-0.05, 0) is 20.8 Å². The monoisotopic (exact) mass is 311 g/mol. The van der Waals surface area contributed by atoms with Crippen molar-refractivity contribution in [3.63, 3.8) is 0 Å². The first kappa shape index (κ1) is 16.4. The first-order valence-corrected chi connectivity index (χ1v) is 7.37. The van der Waals surface area contributed by atoms with Crippen LogP contribution in [0.4, 0.5) is 9.18 Å². The molecule has 1 saturated heterocycles. The van der Waals surface area contributed by atoms with Crippen molar-refractivity contribution >= 4 is 6.09 Å². The van der Waals surface area contributed by atoms with Gasteiger partial charge in [0.2, 0.25) is 0 Å². The Balaban J connectivity index is 1.86. The van der Waals surface area contributed by atoms with E-state index in [1.807, 2.05) is 20.8 Å². The summed E-state index contributed by atoms with van der Waals surface area (Å²) in [4.78, 5) is 13.6. The molecule has 122 valence electrons. The van der Waals surface area contributed by atoms with Gasteiger partial charge in [-0.15, -0.1) is 0 Å². The Morgan fingerprint density at radius 3 is 2.45 bits per heavy atom. The van der Waals surface area contributed by atoms with Gasteiger partial charge in [-0.2, -0.15) is 0 Å². The van der Waals surface area contributed by atoms with Crippen LogP contribution in [0.5, 0.6) is 11.5 Å². The maximum atomic E-state index is 13.2. The molecule has 0 radical (unpaired) electrons. The van der Waals surface area contributed by atoms with E-state index in [2.05, 4.69) is 0 Å². The Bertz CT molecular complexity index is 513. The van der Waals surface area contributed by atoms with Crippen molar-refractivity contribution in [1.29, 1.82) is 0 Å². The number of ether oxygens (including phenoxy) is 2. The van der Waals surface area contributed by atoms with Crippen molar-refractivity contribution in [2.45, 2.75) is 45.3 Å². The van der Waals surface area contributed by atoms with E-state index in [0.29, 0.717) is 31.7 Å². The average Bonchev–Trinajstić information content (AvgIpc) is 2.36. The molecule has 0 aromatic heterocycles. The number of piperidine rings is 1. The zero-order valence-electron chi connectivity index (χ0n) is 13.1. The van der Waals surface area contributed by atoms with Crippen LogP contribution < -0.4 is 4.74 Å². The van der Waals surface area contributed by atoms with Crippen molar-refractivity contribution in [3.8, 4) is 11.5 Å². The highest BCUT2D eigenvalue weighted by atomic mass is 19.1. The summed E-state index contributed by atoms with van der Waals surface area (Å²) in [5.74, 6) is -0.407. The minimum atomic E-state index is -0.541. The molecule has 2 rings (SSSR count). The van der Waals surface area contributed by atoms with E-state index in [4.69, 9.17) is 9.47 Å². The smallest absolute Gasteiger partial charge is 0.410 e. The van der Waals surface area contributed by atoms with Crippen molar-refractivity contribution < 1.29 is 23.8 Å². The fourth-order valence-electron chi connectivity index (χ4n) is 2.29. The van der Waals surface area contributed by atoms with E-state index < -0.39 is 11.4 Å². The zero-order valence-corrected chi connectivity index (χ0v) is 13.1. The minimum absolute atomic E-state index is 0.111. The number of likely N-dealkylation sites (tertiary alicyclic amines) is 1. The Labute approximate surface area is 129 Å². The van der Waals surface area contributed by atoms with Gasteiger partial charge in [-0.1, -0.05) is 0 Å². The predicted molar refractivity (Wildman–Crippen MR) is 79.5 cm³/mol. The largest absolute Gasteiger partial charge is 0.508 e. The molecule has 6 heteroatoms. The van der Waals surface area contributed by atoms with E-state index in [-0.39, 0.29) is 17.9 Å². The SMILES string of the molecule is CC(C)(C)OC(=O)N1CCC(Oc2cc(O)cc(F)c2)CC1. The number of carbonyl (C=O) groups excluding carboxylic acids is 1. The fraction of sp³-hybridized carbons (Fsp3) is 0.562. The van der Waals surface area contributed by atoms with E-state index in [0.717, 1.165) is 6.07 Å². The van der Waals surface area contributed by atoms with E-state index in [1.165, 1.54) is 12.1 Å². The standard InChI is InChI=1S/C16H22FNO4/c1-16(2,3)22-15(20)18-6-4-13(5-7-18)21-14-9-11(17)8-12(19)10-14/h8-10,13,19H,4-7H2,1-3H3. The van der Waals surface area contributed by atoms with Crippen LogP contribution in [0, 0.1) is 5.82 Å². The van der Waals surface area contributed by atoms with Crippen LogP contribution in [-0.4, -0.2) is 40.9 Å². The maximum Gasteiger partial charge on any atom is 0.410 e. The van der Waals surface area contributed by atoms with Gasteiger partial charge in [0.25, 0.3) is 0 Å². The lowest BCUT2D eigenvalue weighted by atomic mass is 10.1. The number of carbonyl (C=O) groups is 1. The quantitative estimate of drug-likeness (QED) is 0.910. The van der Waals surface area contributed by atoms with Crippen LogP contribution in [0.15, 0.2) is 18.2 Å². The highest BCUT2D eigenvalue weighted by Crippen LogP contribution is 2.25. The summed E-state index contributed by atoms with van der Waals surface area (Å²) >= 11 is 0. The van der Waals surface area contributed by atoms with Crippen LogP contribution >= 0.6 is 0 Å². The number of phenols is 1. The molecule has 1 fully saturated rings. The second-order valence-electron chi connectivity index (χ2n) is 6.43. The van der Waals surface area contributed by atoms with Gasteiger partial charge in [0.05, 0.1) is 0 Å². The first-order chi connectivity index (χ1) is 10.2. The van der Waals surface area contributed by atoms with Gasteiger partial charge in [0, 0.05) is 44.1 Å². The molecule has 1 aromatic carbocycles. The average molecular weight is 311 g/mol. The van der Waals surface area contributed by atoms with Crippen LogP contribution in [-0.2, 0) is 4.74 Å². The molecule has 1 amide bonds. The minimum Gasteiger partial charge on any atom is -0.508 e. The lowest BCUT2D eigenvalue weighted by Gasteiger charge is -2.33. The molecule has 0 unspecified atom stereocenters. The number of hydrogen-bond donors (Lipinski definition) is 1. The summed E-state index contributed by atoms with van der Waals surface area (Å²) in [6.07, 6.45) is 0.835. The second kappa shape index (κ2) is 6.42. The molecule has 0 bridgehead atoms. The molecule has 1 aromatic rings. The number of phenolic OH excluding ortho intramolecular Hbond substituents is 1. The van der Waals surface area contributed by atoms with E-state index in [1.54, 1.807) is 4.90 Å². The predicted octanol–water partition coefficient (Wildman–Crippen LogP) is 3.31. The van der Waals surface area contributed by atoms with Gasteiger partial charge < -0.3 is 19.5 Å². The van der Waals surface area contributed by atoms with Crippen LogP contribution in [0.1, 0.15) is 33.6 Å². The lowest BCUT2D eigenvalue weighted by Crippen LogP contribution is -2.44. The maximum absolute atomic E-state index is 13.2. The second-order valence-corrected chi connectivity index (χ2v) is 6.43. The molecule has 0 spiro atoms. The molecule has 1 N–H and O–H groups in total. The molecular formula is C16H22FNO4. The molecule has 1 aliphatic heterocycles. The number of nitrogens with zero attached hydrogens (tertiary/aromatic N) is 1. The highest BCUT2D eigenvalue weighted by molar-refractivity contribution is 5.68. The van der Waals surface area contributed by atoms with Crippen LogP contribution in [0.3, 0.4) is 0 Å². The molecule has 5 nitrogen and oxygen atoms in total. The van der Waals surface area contributed by atoms with Gasteiger partial charge >= 0.3 is 6.09 Å². The molecule has 1 heterocycles. The number of rotatable bonds is 2. The zero-order chi connectivity index (χ0) is 16.3. The summed E-state index contributed by atoms with van der Waals surface area (Å²) in [6.45, 7) is 6.55. The highest BCUT2D eigenvalue weighted by Gasteiger charge is 2.27. The Kier molecular flexibility index (Phi) is 4.78. The first-order valence-electron chi connectivity index (χ1n) is 7.37. The number of benzene rings is 1. The molecular weight excluding hydrogens is 289 g/mol. The fourth-order valence-corrected chi connectivity index (χ4v) is 2.29. The van der Waals surface area contributed by atoms with Crippen LogP contribution in [0.25, 0.3) is 0 Å². The van der Waals surface area contributed by atoms with Crippen molar-refractivity contribution in [2.24, 2.45) is 0 Å². The number of aromatic hydroxyl groups is 1. The molecule has 0 atom stereocenters. The summed E-state index contributed by atoms with van der Waals surface area (Å²) in [5.41, 5.74) is -0.510. The third-order valence-corrected chi connectivity index (χ3v) is 3.25. The summed E-state index contributed by atoms with van der Waals surface area (Å²) in [5, 5.41) is 9.36. The third kappa shape index (κ3) is 4.79. The van der Waals surface area contributed by atoms with Gasteiger partial charge in [0.1, 0.15) is 29.0 Å². The topological polar surface area (TPSA) is 59.0 Å². The summed E-state index contributed by atoms with van der Waals surface area (Å²) in [7, 11) is 0. The Hall–Kier alpha value is -1.98. The molecule has 0 saturated carbocycles. The van der Waals surface area contributed by atoms with Crippen LogP contribution in [0.2, 0.25) is 0 Å². The normalized spacial score (nSPS) is 16.5. The number of amides is 1. The van der Waals surface area contributed by atoms with Gasteiger partial charge in [-0.25, -0.2) is 9.18 Å². The Morgan fingerprint density at radius 1 is 1.27 bits per heavy atom.